The standard InChI is InChI=1S/C12H20N6O2S/c1-12(2,3)14-10(20)13-9(19)6-7-21-11-15-16-17-18(11)8-4-5-8/h8H,4-7H2,1-3H3,(H2,13,14,19,20). The average molecular weight is 312 g/mol. The molecule has 1 aromatic heterocycles. The molecule has 0 radical (unpaired) electrons. The van der Waals surface area contributed by atoms with Crippen LogP contribution in [-0.2, 0) is 4.79 Å². The molecule has 2 rings (SSSR count). The number of hydrogen-bond donors (Lipinski definition) is 2. The molecule has 9 heteroatoms. The summed E-state index contributed by atoms with van der Waals surface area (Å²) in [6.07, 6.45) is 2.44. The molecule has 1 fully saturated rings. The largest absolute Gasteiger partial charge is 0.333 e. The Morgan fingerprint density at radius 1 is 1.38 bits per heavy atom. The molecule has 1 saturated carbocycles. The molecule has 0 spiro atoms. The number of aromatic nitrogens is 4. The number of carbonyl (C=O) groups excluding carboxylic acids is 2. The first-order chi connectivity index (χ1) is 9.85. The maximum absolute atomic E-state index is 11.7. The fourth-order valence-electron chi connectivity index (χ4n) is 1.62. The molecule has 1 aliphatic rings. The van der Waals surface area contributed by atoms with Crippen LogP contribution in [0.25, 0.3) is 0 Å². The Bertz CT molecular complexity index is 520. The van der Waals surface area contributed by atoms with Crippen molar-refractivity contribution in [3.8, 4) is 0 Å². The highest BCUT2D eigenvalue weighted by atomic mass is 32.2. The quantitative estimate of drug-likeness (QED) is 0.790. The molecule has 3 amide bonds. The van der Waals surface area contributed by atoms with Gasteiger partial charge in [0.15, 0.2) is 0 Å². The van der Waals surface area contributed by atoms with Crippen molar-refractivity contribution >= 4 is 23.7 Å². The molecule has 0 saturated heterocycles. The lowest BCUT2D eigenvalue weighted by Gasteiger charge is -2.20. The van der Waals surface area contributed by atoms with E-state index >= 15 is 0 Å². The van der Waals surface area contributed by atoms with Gasteiger partial charge in [-0.1, -0.05) is 11.8 Å². The summed E-state index contributed by atoms with van der Waals surface area (Å²) < 4.78 is 1.80. The van der Waals surface area contributed by atoms with Gasteiger partial charge in [0.05, 0.1) is 6.04 Å². The van der Waals surface area contributed by atoms with E-state index in [0.717, 1.165) is 18.0 Å². The van der Waals surface area contributed by atoms with Crippen molar-refractivity contribution in [1.29, 1.82) is 0 Å². The van der Waals surface area contributed by atoms with E-state index < -0.39 is 6.03 Å². The second-order valence-electron chi connectivity index (χ2n) is 5.99. The number of nitrogens with one attached hydrogen (secondary N) is 2. The van der Waals surface area contributed by atoms with Gasteiger partial charge in [-0.25, -0.2) is 9.48 Å². The summed E-state index contributed by atoms with van der Waals surface area (Å²) in [6, 6.07) is -0.0609. The molecule has 1 aromatic rings. The van der Waals surface area contributed by atoms with E-state index in [9.17, 15) is 9.59 Å². The monoisotopic (exact) mass is 312 g/mol. The minimum absolute atomic E-state index is 0.236. The number of nitrogens with zero attached hydrogens (tertiary/aromatic N) is 4. The van der Waals surface area contributed by atoms with Gasteiger partial charge in [-0.05, 0) is 44.0 Å². The molecule has 8 nitrogen and oxygen atoms in total. The number of imide groups is 1. The van der Waals surface area contributed by atoms with Gasteiger partial charge in [0, 0.05) is 17.7 Å². The highest BCUT2D eigenvalue weighted by Gasteiger charge is 2.27. The van der Waals surface area contributed by atoms with Crippen molar-refractivity contribution in [2.45, 2.75) is 56.8 Å². The molecule has 2 N–H and O–H groups in total. The van der Waals surface area contributed by atoms with Crippen LogP contribution in [0.3, 0.4) is 0 Å². The van der Waals surface area contributed by atoms with E-state index in [1.807, 2.05) is 20.8 Å². The zero-order valence-electron chi connectivity index (χ0n) is 12.4. The fraction of sp³-hybridized carbons (Fsp3) is 0.750. The third-order valence-corrected chi connectivity index (χ3v) is 3.59. The Balaban J connectivity index is 1.69. The first-order valence-electron chi connectivity index (χ1n) is 6.88. The van der Waals surface area contributed by atoms with Gasteiger partial charge in [-0.2, -0.15) is 0 Å². The summed E-state index contributed by atoms with van der Waals surface area (Å²) in [4.78, 5) is 23.2. The second-order valence-corrected chi connectivity index (χ2v) is 7.05. The SMILES string of the molecule is CC(C)(C)NC(=O)NC(=O)CCSc1nnnn1C1CC1. The first-order valence-corrected chi connectivity index (χ1v) is 7.86. The van der Waals surface area contributed by atoms with Crippen LogP contribution < -0.4 is 10.6 Å². The van der Waals surface area contributed by atoms with Crippen LogP contribution in [0.2, 0.25) is 0 Å². The van der Waals surface area contributed by atoms with Crippen LogP contribution in [-0.4, -0.2) is 43.4 Å². The normalized spacial score (nSPS) is 14.8. The lowest BCUT2D eigenvalue weighted by atomic mass is 10.1. The van der Waals surface area contributed by atoms with Gasteiger partial charge in [0.25, 0.3) is 0 Å². The number of urea groups is 1. The highest BCUT2D eigenvalue weighted by Crippen LogP contribution is 2.36. The van der Waals surface area contributed by atoms with Gasteiger partial charge in [-0.15, -0.1) is 5.10 Å². The molecule has 1 aliphatic carbocycles. The van der Waals surface area contributed by atoms with E-state index in [0.29, 0.717) is 11.8 Å². The summed E-state index contributed by atoms with van der Waals surface area (Å²) in [7, 11) is 0. The summed E-state index contributed by atoms with van der Waals surface area (Å²) >= 11 is 1.42. The third kappa shape index (κ3) is 5.33. The Kier molecular flexibility index (Phi) is 4.81. The molecule has 116 valence electrons. The van der Waals surface area contributed by atoms with Gasteiger partial charge in [-0.3, -0.25) is 10.1 Å². The lowest BCUT2D eigenvalue weighted by molar-refractivity contribution is -0.119. The Labute approximate surface area is 127 Å². The average Bonchev–Trinajstić information content (AvgIpc) is 3.07. The Morgan fingerprint density at radius 3 is 2.71 bits per heavy atom. The van der Waals surface area contributed by atoms with Crippen molar-refractivity contribution in [3.05, 3.63) is 0 Å². The Hall–Kier alpha value is -1.64. The topological polar surface area (TPSA) is 102 Å². The van der Waals surface area contributed by atoms with Crippen LogP contribution in [0.5, 0.6) is 0 Å². The molecule has 0 bridgehead atoms. The predicted octanol–water partition coefficient (Wildman–Crippen LogP) is 1.11. The number of tetrazole rings is 1. The molecule has 0 aromatic carbocycles. The molecular weight excluding hydrogens is 292 g/mol. The first kappa shape index (κ1) is 15.7. The van der Waals surface area contributed by atoms with Crippen LogP contribution >= 0.6 is 11.8 Å². The van der Waals surface area contributed by atoms with Crippen molar-refractivity contribution in [2.24, 2.45) is 0 Å². The summed E-state index contributed by atoms with van der Waals surface area (Å²) in [5.74, 6) is 0.219. The Morgan fingerprint density at radius 2 is 2.10 bits per heavy atom. The maximum atomic E-state index is 11.7. The van der Waals surface area contributed by atoms with E-state index in [4.69, 9.17) is 0 Å². The van der Waals surface area contributed by atoms with E-state index in [-0.39, 0.29) is 17.9 Å². The van der Waals surface area contributed by atoms with Crippen molar-refractivity contribution < 1.29 is 9.59 Å². The maximum Gasteiger partial charge on any atom is 0.321 e. The van der Waals surface area contributed by atoms with Gasteiger partial charge in [0.2, 0.25) is 11.1 Å². The van der Waals surface area contributed by atoms with Gasteiger partial charge >= 0.3 is 6.03 Å². The van der Waals surface area contributed by atoms with Gasteiger partial charge < -0.3 is 5.32 Å². The van der Waals surface area contributed by atoms with Crippen LogP contribution in [0.15, 0.2) is 5.16 Å². The molecular formula is C12H20N6O2S. The van der Waals surface area contributed by atoms with Gasteiger partial charge in [0.1, 0.15) is 0 Å². The molecule has 0 unspecified atom stereocenters. The molecule has 0 atom stereocenters. The van der Waals surface area contributed by atoms with Crippen molar-refractivity contribution in [2.75, 3.05) is 5.75 Å². The number of amides is 3. The van der Waals surface area contributed by atoms with E-state index in [1.54, 1.807) is 4.68 Å². The van der Waals surface area contributed by atoms with E-state index in [1.165, 1.54) is 11.8 Å². The minimum atomic E-state index is -0.472. The summed E-state index contributed by atoms with van der Waals surface area (Å²) in [5.41, 5.74) is -0.370. The minimum Gasteiger partial charge on any atom is -0.333 e. The zero-order chi connectivity index (χ0) is 15.5. The number of thioether (sulfide) groups is 1. The van der Waals surface area contributed by atoms with Crippen LogP contribution in [0.4, 0.5) is 4.79 Å². The number of carbonyl (C=O) groups is 2. The van der Waals surface area contributed by atoms with E-state index in [2.05, 4.69) is 26.2 Å². The second kappa shape index (κ2) is 6.42. The summed E-state index contributed by atoms with van der Waals surface area (Å²) in [6.45, 7) is 5.56. The highest BCUT2D eigenvalue weighted by molar-refractivity contribution is 7.99. The number of rotatable bonds is 5. The van der Waals surface area contributed by atoms with Crippen molar-refractivity contribution in [3.63, 3.8) is 0 Å². The zero-order valence-corrected chi connectivity index (χ0v) is 13.2. The van der Waals surface area contributed by atoms with Crippen LogP contribution in [0.1, 0.15) is 46.1 Å². The molecule has 1 heterocycles. The fourth-order valence-corrected chi connectivity index (χ4v) is 2.51. The lowest BCUT2D eigenvalue weighted by Crippen LogP contribution is -2.48. The molecule has 21 heavy (non-hydrogen) atoms. The van der Waals surface area contributed by atoms with Crippen molar-refractivity contribution in [1.82, 2.24) is 30.8 Å². The summed E-state index contributed by atoms with van der Waals surface area (Å²) in [5, 5.41) is 17.2. The van der Waals surface area contributed by atoms with Crippen LogP contribution in [0, 0.1) is 0 Å². The molecule has 0 aliphatic heterocycles. The predicted molar refractivity (Wildman–Crippen MR) is 77.9 cm³/mol. The number of hydrogen-bond acceptors (Lipinski definition) is 6. The smallest absolute Gasteiger partial charge is 0.321 e. The third-order valence-electron chi connectivity index (χ3n) is 2.66.